The van der Waals surface area contributed by atoms with E-state index in [1.54, 1.807) is 13.4 Å². The van der Waals surface area contributed by atoms with Crippen LogP contribution in [0.2, 0.25) is 0 Å². The first-order chi connectivity index (χ1) is 7.76. The number of aliphatic hydroxyl groups is 1. The lowest BCUT2D eigenvalue weighted by molar-refractivity contribution is 0.116. The van der Waals surface area contributed by atoms with Gasteiger partial charge in [0.1, 0.15) is 0 Å². The number of nitrogen functional groups attached to an aromatic ring is 1. The van der Waals surface area contributed by atoms with Gasteiger partial charge in [-0.3, -0.25) is 0 Å². The van der Waals surface area contributed by atoms with Crippen molar-refractivity contribution in [1.82, 2.24) is 9.55 Å². The molecule has 0 saturated heterocycles. The van der Waals surface area contributed by atoms with Gasteiger partial charge in [0.2, 0.25) is 0 Å². The van der Waals surface area contributed by atoms with E-state index in [1.807, 2.05) is 22.8 Å². The van der Waals surface area contributed by atoms with Gasteiger partial charge in [-0.25, -0.2) is 4.98 Å². The van der Waals surface area contributed by atoms with Crippen molar-refractivity contribution in [2.45, 2.75) is 6.04 Å². The molecule has 1 atom stereocenters. The summed E-state index contributed by atoms with van der Waals surface area (Å²) in [4.78, 5) is 4.25. The van der Waals surface area contributed by atoms with E-state index in [2.05, 4.69) is 4.98 Å². The van der Waals surface area contributed by atoms with Crippen LogP contribution in [0.3, 0.4) is 0 Å². The molecule has 0 aliphatic heterocycles. The van der Waals surface area contributed by atoms with Crippen molar-refractivity contribution in [2.75, 3.05) is 26.1 Å². The molecule has 2 aromatic rings. The van der Waals surface area contributed by atoms with Gasteiger partial charge in [0.25, 0.3) is 0 Å². The highest BCUT2D eigenvalue weighted by molar-refractivity contribution is 5.79. The Kier molecular flexibility index (Phi) is 3.07. The second-order valence-corrected chi connectivity index (χ2v) is 3.69. The lowest BCUT2D eigenvalue weighted by atomic mass is 10.2. The van der Waals surface area contributed by atoms with Crippen LogP contribution in [-0.2, 0) is 4.74 Å². The van der Waals surface area contributed by atoms with E-state index in [0.29, 0.717) is 12.3 Å². The van der Waals surface area contributed by atoms with Crippen LogP contribution in [-0.4, -0.2) is 35.0 Å². The normalized spacial score (nSPS) is 13.1. The third-order valence-corrected chi connectivity index (χ3v) is 2.56. The molecule has 1 aromatic carbocycles. The van der Waals surface area contributed by atoms with Crippen molar-refractivity contribution in [3.05, 3.63) is 24.5 Å². The van der Waals surface area contributed by atoms with Crippen molar-refractivity contribution in [1.29, 1.82) is 0 Å². The summed E-state index contributed by atoms with van der Waals surface area (Å²) in [5, 5.41) is 9.29. The molecule has 3 N–H and O–H groups in total. The summed E-state index contributed by atoms with van der Waals surface area (Å²) in [5.74, 6) is 0. The molecular weight excluding hydrogens is 206 g/mol. The van der Waals surface area contributed by atoms with Crippen LogP contribution in [0, 0.1) is 0 Å². The molecule has 0 spiro atoms. The fourth-order valence-electron chi connectivity index (χ4n) is 1.75. The Hall–Kier alpha value is -1.59. The molecule has 0 bridgehead atoms. The average Bonchev–Trinajstić information content (AvgIpc) is 2.68. The molecule has 1 unspecified atom stereocenters. The topological polar surface area (TPSA) is 73.3 Å². The first-order valence-corrected chi connectivity index (χ1v) is 5.08. The van der Waals surface area contributed by atoms with Crippen LogP contribution < -0.4 is 5.73 Å². The predicted molar refractivity (Wildman–Crippen MR) is 62.1 cm³/mol. The number of ether oxygens (including phenoxy) is 1. The maximum Gasteiger partial charge on any atom is 0.0962 e. The summed E-state index contributed by atoms with van der Waals surface area (Å²) < 4.78 is 6.96. The van der Waals surface area contributed by atoms with Gasteiger partial charge in [-0.1, -0.05) is 0 Å². The van der Waals surface area contributed by atoms with Crippen LogP contribution in [0.1, 0.15) is 6.04 Å². The third-order valence-electron chi connectivity index (χ3n) is 2.56. The molecule has 5 nitrogen and oxygen atoms in total. The van der Waals surface area contributed by atoms with Gasteiger partial charge < -0.3 is 20.1 Å². The Morgan fingerprint density at radius 2 is 2.38 bits per heavy atom. The maximum absolute atomic E-state index is 9.29. The molecule has 0 fully saturated rings. The number of nitrogens with zero attached hydrogens (tertiary/aromatic N) is 2. The van der Waals surface area contributed by atoms with Gasteiger partial charge in [0, 0.05) is 12.8 Å². The van der Waals surface area contributed by atoms with Crippen LogP contribution in [0.4, 0.5) is 5.69 Å². The smallest absolute Gasteiger partial charge is 0.0962 e. The summed E-state index contributed by atoms with van der Waals surface area (Å²) in [7, 11) is 1.61. The Morgan fingerprint density at radius 3 is 3.06 bits per heavy atom. The number of imidazole rings is 1. The summed E-state index contributed by atoms with van der Waals surface area (Å²) in [6.07, 6.45) is 1.70. The minimum atomic E-state index is -0.112. The number of hydrogen-bond acceptors (Lipinski definition) is 4. The van der Waals surface area contributed by atoms with Crippen molar-refractivity contribution in [3.63, 3.8) is 0 Å². The van der Waals surface area contributed by atoms with Crippen molar-refractivity contribution in [2.24, 2.45) is 0 Å². The third kappa shape index (κ3) is 1.87. The molecule has 0 radical (unpaired) electrons. The number of aliphatic hydroxyl groups excluding tert-OH is 1. The van der Waals surface area contributed by atoms with Crippen LogP contribution >= 0.6 is 0 Å². The van der Waals surface area contributed by atoms with Gasteiger partial charge in [-0.2, -0.15) is 0 Å². The minimum Gasteiger partial charge on any atom is -0.399 e. The highest BCUT2D eigenvalue weighted by Crippen LogP contribution is 2.20. The number of aromatic nitrogens is 2. The van der Waals surface area contributed by atoms with Crippen molar-refractivity contribution in [3.8, 4) is 0 Å². The molecule has 0 aliphatic carbocycles. The molecule has 1 aromatic heterocycles. The summed E-state index contributed by atoms with van der Waals surface area (Å²) in [6, 6.07) is 5.42. The largest absolute Gasteiger partial charge is 0.399 e. The molecule has 16 heavy (non-hydrogen) atoms. The number of hydrogen-bond donors (Lipinski definition) is 2. The number of methoxy groups -OCH3 is 1. The zero-order valence-electron chi connectivity index (χ0n) is 9.13. The van der Waals surface area contributed by atoms with Gasteiger partial charge in [-0.15, -0.1) is 0 Å². The second kappa shape index (κ2) is 4.51. The Labute approximate surface area is 93.5 Å². The lowest BCUT2D eigenvalue weighted by Crippen LogP contribution is -2.17. The first-order valence-electron chi connectivity index (χ1n) is 5.08. The molecule has 1 heterocycles. The number of fused-ring (bicyclic) bond motifs is 1. The Balaban J connectivity index is 2.44. The standard InChI is InChI=1S/C11H15N3O2/c1-16-6-9(5-15)14-7-13-10-4-8(12)2-3-11(10)14/h2-4,7,9,15H,5-6,12H2,1H3. The van der Waals surface area contributed by atoms with E-state index in [4.69, 9.17) is 10.5 Å². The molecule has 0 aliphatic rings. The maximum atomic E-state index is 9.29. The van der Waals surface area contributed by atoms with E-state index >= 15 is 0 Å². The van der Waals surface area contributed by atoms with E-state index in [-0.39, 0.29) is 12.6 Å². The van der Waals surface area contributed by atoms with Gasteiger partial charge in [0.05, 0.1) is 36.6 Å². The quantitative estimate of drug-likeness (QED) is 0.749. The van der Waals surface area contributed by atoms with Crippen LogP contribution in [0.25, 0.3) is 11.0 Å². The number of anilines is 1. The summed E-state index contributed by atoms with van der Waals surface area (Å²) >= 11 is 0. The van der Waals surface area contributed by atoms with Gasteiger partial charge >= 0.3 is 0 Å². The minimum absolute atomic E-state index is 0.0175. The molecule has 0 amide bonds. The zero-order valence-corrected chi connectivity index (χ0v) is 9.13. The summed E-state index contributed by atoms with van der Waals surface area (Å²) in [6.45, 7) is 0.468. The van der Waals surface area contributed by atoms with E-state index in [0.717, 1.165) is 11.0 Å². The number of benzene rings is 1. The van der Waals surface area contributed by atoms with E-state index in [9.17, 15) is 5.11 Å². The van der Waals surface area contributed by atoms with Crippen LogP contribution in [0.5, 0.6) is 0 Å². The first kappa shape index (κ1) is 10.9. The van der Waals surface area contributed by atoms with Crippen molar-refractivity contribution < 1.29 is 9.84 Å². The monoisotopic (exact) mass is 221 g/mol. The van der Waals surface area contributed by atoms with Gasteiger partial charge in [0.15, 0.2) is 0 Å². The fourth-order valence-corrected chi connectivity index (χ4v) is 1.75. The van der Waals surface area contributed by atoms with E-state index in [1.165, 1.54) is 0 Å². The second-order valence-electron chi connectivity index (χ2n) is 3.69. The molecular formula is C11H15N3O2. The molecule has 0 saturated carbocycles. The number of rotatable bonds is 4. The average molecular weight is 221 g/mol. The molecule has 86 valence electrons. The fraction of sp³-hybridized carbons (Fsp3) is 0.364. The molecule has 5 heteroatoms. The highest BCUT2D eigenvalue weighted by atomic mass is 16.5. The molecule has 2 rings (SSSR count). The zero-order chi connectivity index (χ0) is 11.5. The number of nitrogens with two attached hydrogens (primary N) is 1. The van der Waals surface area contributed by atoms with Gasteiger partial charge in [-0.05, 0) is 18.2 Å². The Bertz CT molecular complexity index is 481. The predicted octanol–water partition coefficient (Wildman–Crippen LogP) is 0.798. The summed E-state index contributed by atoms with van der Waals surface area (Å²) in [5.41, 5.74) is 8.14. The Morgan fingerprint density at radius 1 is 1.56 bits per heavy atom. The lowest BCUT2D eigenvalue weighted by Gasteiger charge is -2.15. The van der Waals surface area contributed by atoms with Crippen LogP contribution in [0.15, 0.2) is 24.5 Å². The highest BCUT2D eigenvalue weighted by Gasteiger charge is 2.12. The SMILES string of the molecule is COCC(CO)n1cnc2cc(N)ccc21. The van der Waals surface area contributed by atoms with E-state index < -0.39 is 0 Å². The van der Waals surface area contributed by atoms with Crippen molar-refractivity contribution >= 4 is 16.7 Å².